The second-order valence-electron chi connectivity index (χ2n) is 7.01. The van der Waals surface area contributed by atoms with Crippen molar-refractivity contribution in [3.05, 3.63) is 77.1 Å². The molecule has 0 aromatic heterocycles. The number of aliphatic hydroxyl groups excluding tert-OH is 1. The van der Waals surface area contributed by atoms with Gasteiger partial charge in [-0.2, -0.15) is 0 Å². The zero-order chi connectivity index (χ0) is 19.7. The minimum Gasteiger partial charge on any atom is -0.507 e. The Balaban J connectivity index is 1.83. The van der Waals surface area contributed by atoms with Crippen LogP contribution in [-0.2, 0) is 14.3 Å². The SMILES string of the molecule is O=C1C(=O)N(C[C@H]2CCCO2)[C@@H](c2cccc(F)c2)C1=C(O)c1ccccc1. The molecule has 0 spiro atoms. The highest BCUT2D eigenvalue weighted by Gasteiger charge is 2.47. The number of nitrogens with zero attached hydrogens (tertiary/aromatic N) is 1. The van der Waals surface area contributed by atoms with Gasteiger partial charge in [0.15, 0.2) is 0 Å². The van der Waals surface area contributed by atoms with E-state index in [2.05, 4.69) is 0 Å². The van der Waals surface area contributed by atoms with Gasteiger partial charge in [-0.05, 0) is 30.5 Å². The van der Waals surface area contributed by atoms with E-state index in [1.165, 1.54) is 23.1 Å². The number of Topliss-reactive ketones (excluding diaryl/α,β-unsaturated/α-hetero) is 1. The van der Waals surface area contributed by atoms with Crippen LogP contribution in [0.25, 0.3) is 5.76 Å². The zero-order valence-corrected chi connectivity index (χ0v) is 15.2. The summed E-state index contributed by atoms with van der Waals surface area (Å²) >= 11 is 0. The number of hydrogen-bond acceptors (Lipinski definition) is 4. The molecule has 144 valence electrons. The van der Waals surface area contributed by atoms with E-state index in [4.69, 9.17) is 4.74 Å². The van der Waals surface area contributed by atoms with Crippen molar-refractivity contribution in [1.29, 1.82) is 0 Å². The summed E-state index contributed by atoms with van der Waals surface area (Å²) in [4.78, 5) is 27.0. The summed E-state index contributed by atoms with van der Waals surface area (Å²) in [6, 6.07) is 13.5. The molecule has 2 aromatic carbocycles. The first-order chi connectivity index (χ1) is 13.6. The molecule has 4 rings (SSSR count). The molecule has 2 heterocycles. The number of carbonyl (C=O) groups excluding carboxylic acids is 2. The smallest absolute Gasteiger partial charge is 0.295 e. The lowest BCUT2D eigenvalue weighted by atomic mass is 9.95. The molecule has 2 aliphatic rings. The average molecular weight is 381 g/mol. The van der Waals surface area contributed by atoms with Gasteiger partial charge in [-0.15, -0.1) is 0 Å². The Morgan fingerprint density at radius 1 is 1.14 bits per heavy atom. The molecule has 2 atom stereocenters. The van der Waals surface area contributed by atoms with E-state index >= 15 is 0 Å². The van der Waals surface area contributed by atoms with E-state index in [0.29, 0.717) is 17.7 Å². The standard InChI is InChI=1S/C22H20FNO4/c23-16-9-4-8-15(12-16)19-18(20(25)14-6-2-1-3-7-14)21(26)22(27)24(19)13-17-10-5-11-28-17/h1-4,6-9,12,17,19,25H,5,10-11,13H2/t17-,19+/m1/s1. The minimum atomic E-state index is -0.861. The van der Waals surface area contributed by atoms with Crippen LogP contribution in [-0.4, -0.2) is 41.0 Å². The highest BCUT2D eigenvalue weighted by Crippen LogP contribution is 2.40. The van der Waals surface area contributed by atoms with Crippen LogP contribution >= 0.6 is 0 Å². The predicted octanol–water partition coefficient (Wildman–Crippen LogP) is 3.43. The number of ketones is 1. The van der Waals surface area contributed by atoms with Crippen LogP contribution < -0.4 is 0 Å². The summed E-state index contributed by atoms with van der Waals surface area (Å²) < 4.78 is 19.5. The van der Waals surface area contributed by atoms with E-state index in [-0.39, 0.29) is 24.0 Å². The van der Waals surface area contributed by atoms with E-state index in [1.807, 2.05) is 0 Å². The van der Waals surface area contributed by atoms with Gasteiger partial charge in [0, 0.05) is 18.7 Å². The molecule has 1 N–H and O–H groups in total. The summed E-state index contributed by atoms with van der Waals surface area (Å²) in [7, 11) is 0. The Morgan fingerprint density at radius 3 is 2.61 bits per heavy atom. The predicted molar refractivity (Wildman–Crippen MR) is 101 cm³/mol. The number of benzene rings is 2. The Morgan fingerprint density at radius 2 is 1.93 bits per heavy atom. The van der Waals surface area contributed by atoms with Gasteiger partial charge >= 0.3 is 0 Å². The first-order valence-electron chi connectivity index (χ1n) is 9.27. The number of aliphatic hydroxyl groups is 1. The van der Waals surface area contributed by atoms with E-state index in [9.17, 15) is 19.1 Å². The number of rotatable bonds is 4. The zero-order valence-electron chi connectivity index (χ0n) is 15.2. The number of hydrogen-bond donors (Lipinski definition) is 1. The number of halogens is 1. The maximum absolute atomic E-state index is 13.9. The number of ether oxygens (including phenoxy) is 1. The van der Waals surface area contributed by atoms with Crippen molar-refractivity contribution in [2.75, 3.05) is 13.2 Å². The van der Waals surface area contributed by atoms with E-state index < -0.39 is 23.5 Å². The Hall–Kier alpha value is -2.99. The first-order valence-corrected chi connectivity index (χ1v) is 9.27. The van der Waals surface area contributed by atoms with Gasteiger partial charge in [0.1, 0.15) is 11.6 Å². The maximum Gasteiger partial charge on any atom is 0.295 e. The molecule has 0 saturated carbocycles. The van der Waals surface area contributed by atoms with Crippen LogP contribution in [0.2, 0.25) is 0 Å². The summed E-state index contributed by atoms with van der Waals surface area (Å²) in [6.45, 7) is 0.834. The van der Waals surface area contributed by atoms with Gasteiger partial charge in [-0.3, -0.25) is 9.59 Å². The van der Waals surface area contributed by atoms with Crippen molar-refractivity contribution < 1.29 is 23.8 Å². The van der Waals surface area contributed by atoms with Crippen molar-refractivity contribution in [3.8, 4) is 0 Å². The molecule has 28 heavy (non-hydrogen) atoms. The third-order valence-electron chi connectivity index (χ3n) is 5.18. The molecule has 5 nitrogen and oxygen atoms in total. The van der Waals surface area contributed by atoms with Crippen LogP contribution in [0.4, 0.5) is 4.39 Å². The van der Waals surface area contributed by atoms with Crippen molar-refractivity contribution in [3.63, 3.8) is 0 Å². The molecule has 1 amide bonds. The maximum atomic E-state index is 13.9. The van der Waals surface area contributed by atoms with Crippen LogP contribution in [0, 0.1) is 5.82 Å². The van der Waals surface area contributed by atoms with Crippen molar-refractivity contribution in [1.82, 2.24) is 4.90 Å². The Bertz CT molecular complexity index is 935. The van der Waals surface area contributed by atoms with E-state index in [0.717, 1.165) is 12.8 Å². The molecule has 2 saturated heterocycles. The molecular weight excluding hydrogens is 361 g/mol. The molecule has 0 aliphatic carbocycles. The third-order valence-corrected chi connectivity index (χ3v) is 5.18. The fourth-order valence-electron chi connectivity index (χ4n) is 3.85. The normalized spacial score (nSPS) is 24.1. The van der Waals surface area contributed by atoms with Gasteiger partial charge in [0.05, 0.1) is 17.7 Å². The van der Waals surface area contributed by atoms with Crippen molar-refractivity contribution in [2.24, 2.45) is 0 Å². The van der Waals surface area contributed by atoms with Crippen LogP contribution in [0.1, 0.15) is 30.0 Å². The van der Waals surface area contributed by atoms with Gasteiger partial charge in [0.2, 0.25) is 0 Å². The lowest BCUT2D eigenvalue weighted by Gasteiger charge is -2.27. The summed E-state index contributed by atoms with van der Waals surface area (Å²) in [5.74, 6) is -2.21. The molecule has 0 unspecified atom stereocenters. The van der Waals surface area contributed by atoms with Crippen molar-refractivity contribution >= 4 is 17.4 Å². The quantitative estimate of drug-likeness (QED) is 0.501. The van der Waals surface area contributed by atoms with Crippen LogP contribution in [0.5, 0.6) is 0 Å². The van der Waals surface area contributed by atoms with Gasteiger partial charge in [-0.25, -0.2) is 4.39 Å². The summed E-state index contributed by atoms with van der Waals surface area (Å²) in [5, 5.41) is 10.8. The Labute approximate surface area is 162 Å². The van der Waals surface area contributed by atoms with Gasteiger partial charge < -0.3 is 14.7 Å². The lowest BCUT2D eigenvalue weighted by molar-refractivity contribution is -0.140. The molecule has 2 aromatic rings. The van der Waals surface area contributed by atoms with Crippen molar-refractivity contribution in [2.45, 2.75) is 25.0 Å². The molecule has 2 fully saturated rings. The number of likely N-dealkylation sites (tertiary alicyclic amines) is 1. The third kappa shape index (κ3) is 3.31. The Kier molecular flexibility index (Phi) is 4.96. The summed E-state index contributed by atoms with van der Waals surface area (Å²) in [6.07, 6.45) is 1.51. The fraction of sp³-hybridized carbons (Fsp3) is 0.273. The highest BCUT2D eigenvalue weighted by atomic mass is 19.1. The second-order valence-corrected chi connectivity index (χ2v) is 7.01. The lowest BCUT2D eigenvalue weighted by Crippen LogP contribution is -2.36. The van der Waals surface area contributed by atoms with Gasteiger partial charge in [0.25, 0.3) is 11.7 Å². The van der Waals surface area contributed by atoms with E-state index in [1.54, 1.807) is 36.4 Å². The first kappa shape index (κ1) is 18.4. The molecular formula is C22H20FNO4. The van der Waals surface area contributed by atoms with Crippen LogP contribution in [0.3, 0.4) is 0 Å². The van der Waals surface area contributed by atoms with Crippen LogP contribution in [0.15, 0.2) is 60.2 Å². The topological polar surface area (TPSA) is 66.8 Å². The summed E-state index contributed by atoms with van der Waals surface area (Å²) in [5.41, 5.74) is 0.841. The fourth-order valence-corrected chi connectivity index (χ4v) is 3.85. The largest absolute Gasteiger partial charge is 0.507 e. The highest BCUT2D eigenvalue weighted by molar-refractivity contribution is 6.46. The molecule has 0 radical (unpaired) electrons. The van der Waals surface area contributed by atoms with Gasteiger partial charge in [-0.1, -0.05) is 42.5 Å². The number of carbonyl (C=O) groups is 2. The second kappa shape index (κ2) is 7.56. The molecule has 2 aliphatic heterocycles. The number of amides is 1. The molecule has 0 bridgehead atoms. The minimum absolute atomic E-state index is 0.0280. The molecule has 6 heteroatoms. The monoisotopic (exact) mass is 381 g/mol. The average Bonchev–Trinajstić information content (AvgIpc) is 3.30.